The lowest BCUT2D eigenvalue weighted by atomic mass is 10.2. The number of hydrogen-bond donors (Lipinski definition) is 2. The van der Waals surface area contributed by atoms with Crippen LogP contribution >= 0.6 is 0 Å². The van der Waals surface area contributed by atoms with E-state index in [0.717, 1.165) is 26.3 Å². The van der Waals surface area contributed by atoms with Gasteiger partial charge in [0, 0.05) is 19.1 Å². The van der Waals surface area contributed by atoms with Crippen molar-refractivity contribution >= 4 is 5.97 Å². The molecule has 0 aromatic heterocycles. The second-order valence-electron chi connectivity index (χ2n) is 3.69. The van der Waals surface area contributed by atoms with Crippen LogP contribution in [0.1, 0.15) is 13.3 Å². The van der Waals surface area contributed by atoms with Crippen molar-refractivity contribution < 1.29 is 14.6 Å². The predicted molar refractivity (Wildman–Crippen MR) is 52.1 cm³/mol. The minimum Gasteiger partial charge on any atom is -0.480 e. The summed E-state index contributed by atoms with van der Waals surface area (Å²) < 4.78 is 5.28. The summed E-state index contributed by atoms with van der Waals surface area (Å²) in [4.78, 5) is 12.7. The molecule has 0 saturated carbocycles. The maximum Gasteiger partial charge on any atom is 0.320 e. The van der Waals surface area contributed by atoms with Gasteiger partial charge in [-0.25, -0.2) is 0 Å². The molecule has 0 aliphatic carbocycles. The molecule has 0 spiro atoms. The molecule has 0 amide bonds. The average Bonchev–Trinajstić information content (AvgIpc) is 2.16. The van der Waals surface area contributed by atoms with Crippen molar-refractivity contribution in [3.8, 4) is 0 Å². The SMILES string of the molecule is CC1COCCN1CCC(N)C(=O)O. The molecule has 2 atom stereocenters. The molecule has 0 aromatic carbocycles. The van der Waals surface area contributed by atoms with Gasteiger partial charge in [0.05, 0.1) is 13.2 Å². The molecule has 1 heterocycles. The highest BCUT2D eigenvalue weighted by Crippen LogP contribution is 2.07. The van der Waals surface area contributed by atoms with Gasteiger partial charge in [0.15, 0.2) is 0 Å². The molecular weight excluding hydrogens is 184 g/mol. The van der Waals surface area contributed by atoms with Gasteiger partial charge in [-0.05, 0) is 13.3 Å². The van der Waals surface area contributed by atoms with E-state index in [9.17, 15) is 4.79 Å². The minimum atomic E-state index is -0.925. The van der Waals surface area contributed by atoms with E-state index in [1.165, 1.54) is 0 Å². The standard InChI is InChI=1S/C9H18N2O3/c1-7-6-14-5-4-11(7)3-2-8(10)9(12)13/h7-8H,2-6,10H2,1H3,(H,12,13). The van der Waals surface area contributed by atoms with Crippen molar-refractivity contribution in [2.75, 3.05) is 26.3 Å². The number of hydrogen-bond acceptors (Lipinski definition) is 4. The van der Waals surface area contributed by atoms with Gasteiger partial charge >= 0.3 is 5.97 Å². The monoisotopic (exact) mass is 202 g/mol. The molecule has 1 aliphatic heterocycles. The fourth-order valence-electron chi connectivity index (χ4n) is 1.52. The number of ether oxygens (including phenoxy) is 1. The number of carboxylic acid groups (broad SMARTS) is 1. The first-order chi connectivity index (χ1) is 6.61. The van der Waals surface area contributed by atoms with Crippen LogP contribution in [0.2, 0.25) is 0 Å². The van der Waals surface area contributed by atoms with Gasteiger partial charge in [0.25, 0.3) is 0 Å². The molecule has 82 valence electrons. The van der Waals surface area contributed by atoms with E-state index >= 15 is 0 Å². The van der Waals surface area contributed by atoms with Gasteiger partial charge in [-0.2, -0.15) is 0 Å². The first-order valence-corrected chi connectivity index (χ1v) is 4.91. The van der Waals surface area contributed by atoms with Crippen LogP contribution in [0, 0.1) is 0 Å². The van der Waals surface area contributed by atoms with Gasteiger partial charge in [-0.1, -0.05) is 0 Å². The van der Waals surface area contributed by atoms with Crippen LogP contribution in [0.15, 0.2) is 0 Å². The van der Waals surface area contributed by atoms with Crippen LogP contribution < -0.4 is 5.73 Å². The van der Waals surface area contributed by atoms with E-state index in [1.54, 1.807) is 0 Å². The van der Waals surface area contributed by atoms with Crippen LogP contribution in [0.25, 0.3) is 0 Å². The molecule has 0 aromatic rings. The Balaban J connectivity index is 2.25. The summed E-state index contributed by atoms with van der Waals surface area (Å²) in [5.41, 5.74) is 5.42. The Bertz CT molecular complexity index is 198. The van der Waals surface area contributed by atoms with Crippen LogP contribution in [-0.4, -0.2) is 54.4 Å². The van der Waals surface area contributed by atoms with Crippen LogP contribution in [-0.2, 0) is 9.53 Å². The van der Waals surface area contributed by atoms with E-state index < -0.39 is 12.0 Å². The normalized spacial score (nSPS) is 26.0. The van der Waals surface area contributed by atoms with E-state index in [0.29, 0.717) is 12.5 Å². The highest BCUT2D eigenvalue weighted by Gasteiger charge is 2.20. The number of rotatable bonds is 4. The molecule has 0 radical (unpaired) electrons. The van der Waals surface area contributed by atoms with Crippen LogP contribution in [0.4, 0.5) is 0 Å². The molecule has 1 saturated heterocycles. The minimum absolute atomic E-state index is 0.366. The van der Waals surface area contributed by atoms with Crippen molar-refractivity contribution in [3.63, 3.8) is 0 Å². The van der Waals surface area contributed by atoms with Crippen molar-refractivity contribution in [3.05, 3.63) is 0 Å². The molecule has 1 fully saturated rings. The van der Waals surface area contributed by atoms with Crippen molar-refractivity contribution in [2.24, 2.45) is 5.73 Å². The highest BCUT2D eigenvalue weighted by molar-refractivity contribution is 5.72. The summed E-state index contributed by atoms with van der Waals surface area (Å²) in [6.45, 7) is 5.13. The van der Waals surface area contributed by atoms with E-state index in [4.69, 9.17) is 15.6 Å². The summed E-state index contributed by atoms with van der Waals surface area (Å²) in [5, 5.41) is 8.61. The molecule has 1 aliphatic rings. The van der Waals surface area contributed by atoms with Crippen LogP contribution in [0.5, 0.6) is 0 Å². The summed E-state index contributed by atoms with van der Waals surface area (Å²) >= 11 is 0. The molecule has 2 unspecified atom stereocenters. The lowest BCUT2D eigenvalue weighted by Crippen LogP contribution is -2.46. The van der Waals surface area contributed by atoms with Crippen molar-refractivity contribution in [2.45, 2.75) is 25.4 Å². The third-order valence-corrected chi connectivity index (χ3v) is 2.55. The molecule has 5 nitrogen and oxygen atoms in total. The lowest BCUT2D eigenvalue weighted by molar-refractivity contribution is -0.138. The molecule has 5 heteroatoms. The van der Waals surface area contributed by atoms with E-state index in [1.807, 2.05) is 0 Å². The topological polar surface area (TPSA) is 75.8 Å². The molecule has 1 rings (SSSR count). The Kier molecular flexibility index (Phi) is 4.31. The summed E-state index contributed by atoms with van der Waals surface area (Å²) in [6, 6.07) is -0.380. The quantitative estimate of drug-likeness (QED) is 0.643. The fraction of sp³-hybridized carbons (Fsp3) is 0.889. The maximum atomic E-state index is 10.5. The molecule has 3 N–H and O–H groups in total. The largest absolute Gasteiger partial charge is 0.480 e. The number of aliphatic carboxylic acids is 1. The Hall–Kier alpha value is -0.650. The Labute approximate surface area is 83.8 Å². The summed E-state index contributed by atoms with van der Waals surface area (Å²) in [7, 11) is 0. The number of carbonyl (C=O) groups is 1. The van der Waals surface area contributed by atoms with E-state index in [-0.39, 0.29) is 0 Å². The van der Waals surface area contributed by atoms with Gasteiger partial charge in [-0.15, -0.1) is 0 Å². The zero-order chi connectivity index (χ0) is 10.6. The van der Waals surface area contributed by atoms with E-state index in [2.05, 4.69) is 11.8 Å². The predicted octanol–water partition coefficient (Wildman–Crippen LogP) is -0.491. The zero-order valence-electron chi connectivity index (χ0n) is 8.48. The zero-order valence-corrected chi connectivity index (χ0v) is 8.48. The Morgan fingerprint density at radius 1 is 1.79 bits per heavy atom. The Morgan fingerprint density at radius 2 is 2.50 bits per heavy atom. The first-order valence-electron chi connectivity index (χ1n) is 4.91. The third-order valence-electron chi connectivity index (χ3n) is 2.55. The second-order valence-corrected chi connectivity index (χ2v) is 3.69. The number of nitrogens with two attached hydrogens (primary N) is 1. The highest BCUT2D eigenvalue weighted by atomic mass is 16.5. The van der Waals surface area contributed by atoms with Gasteiger partial charge in [0.2, 0.25) is 0 Å². The lowest BCUT2D eigenvalue weighted by Gasteiger charge is -2.33. The van der Waals surface area contributed by atoms with Crippen LogP contribution in [0.3, 0.4) is 0 Å². The molecular formula is C9H18N2O3. The Morgan fingerprint density at radius 3 is 3.07 bits per heavy atom. The molecule has 14 heavy (non-hydrogen) atoms. The maximum absolute atomic E-state index is 10.5. The number of nitrogens with zero attached hydrogens (tertiary/aromatic N) is 1. The van der Waals surface area contributed by atoms with Gasteiger partial charge in [0.1, 0.15) is 6.04 Å². The number of carboxylic acids is 1. The van der Waals surface area contributed by atoms with Crippen molar-refractivity contribution in [1.82, 2.24) is 4.90 Å². The smallest absolute Gasteiger partial charge is 0.320 e. The third kappa shape index (κ3) is 3.25. The second kappa shape index (κ2) is 5.29. The summed E-state index contributed by atoms with van der Waals surface area (Å²) in [6.07, 6.45) is 0.500. The first kappa shape index (κ1) is 11.4. The fourth-order valence-corrected chi connectivity index (χ4v) is 1.52. The van der Waals surface area contributed by atoms with Crippen molar-refractivity contribution in [1.29, 1.82) is 0 Å². The molecule has 0 bridgehead atoms. The average molecular weight is 202 g/mol. The number of morpholine rings is 1. The summed E-state index contributed by atoms with van der Waals surface area (Å²) in [5.74, 6) is -0.925. The van der Waals surface area contributed by atoms with Gasteiger partial charge in [-0.3, -0.25) is 9.69 Å². The van der Waals surface area contributed by atoms with Gasteiger partial charge < -0.3 is 15.6 Å².